The van der Waals surface area contributed by atoms with Crippen molar-refractivity contribution < 1.29 is 9.94 Å². The second-order valence-corrected chi connectivity index (χ2v) is 5.85. The Hall–Kier alpha value is -1.53. The fourth-order valence-electron chi connectivity index (χ4n) is 1.61. The van der Waals surface area contributed by atoms with E-state index in [-0.39, 0.29) is 5.84 Å². The van der Waals surface area contributed by atoms with E-state index < -0.39 is 0 Å². The van der Waals surface area contributed by atoms with Gasteiger partial charge in [0.25, 0.3) is 0 Å². The van der Waals surface area contributed by atoms with E-state index in [2.05, 4.69) is 37.0 Å². The summed E-state index contributed by atoms with van der Waals surface area (Å²) in [4.78, 5) is 0. The molecule has 2 aromatic carbocycles. The molecule has 0 aliphatic rings. The van der Waals surface area contributed by atoms with Gasteiger partial charge in [-0.15, -0.1) is 0 Å². The van der Waals surface area contributed by atoms with Crippen molar-refractivity contribution in [3.05, 3.63) is 56.5 Å². The van der Waals surface area contributed by atoms with Crippen molar-refractivity contribution in [1.82, 2.24) is 0 Å². The zero-order chi connectivity index (χ0) is 14.7. The van der Waals surface area contributed by atoms with Gasteiger partial charge in [-0.05, 0) is 64.8 Å². The summed E-state index contributed by atoms with van der Waals surface area (Å²) in [5, 5.41) is 11.6. The summed E-state index contributed by atoms with van der Waals surface area (Å²) in [7, 11) is 0. The van der Waals surface area contributed by atoms with Gasteiger partial charge in [0.2, 0.25) is 0 Å². The number of nitrogens with zero attached hydrogens (tertiary/aromatic N) is 1. The quantitative estimate of drug-likeness (QED) is 0.347. The topological polar surface area (TPSA) is 67.8 Å². The Morgan fingerprint density at radius 1 is 1.15 bits per heavy atom. The Balaban J connectivity index is 2.28. The molecule has 0 spiro atoms. The van der Waals surface area contributed by atoms with E-state index in [1.807, 2.05) is 25.1 Å². The summed E-state index contributed by atoms with van der Waals surface area (Å²) in [5.74, 6) is 1.45. The molecule has 2 rings (SSSR count). The molecule has 4 nitrogen and oxygen atoms in total. The van der Waals surface area contributed by atoms with Gasteiger partial charge in [-0.1, -0.05) is 21.1 Å². The number of nitrogens with two attached hydrogens (primary N) is 1. The van der Waals surface area contributed by atoms with Crippen LogP contribution < -0.4 is 10.5 Å². The predicted molar refractivity (Wildman–Crippen MR) is 85.6 cm³/mol. The van der Waals surface area contributed by atoms with Crippen LogP contribution in [0.5, 0.6) is 11.5 Å². The molecule has 0 saturated carbocycles. The van der Waals surface area contributed by atoms with Gasteiger partial charge in [-0.3, -0.25) is 0 Å². The van der Waals surface area contributed by atoms with Crippen molar-refractivity contribution in [1.29, 1.82) is 0 Å². The highest BCUT2D eigenvalue weighted by Gasteiger charge is 2.07. The average Bonchev–Trinajstić information content (AvgIpc) is 2.44. The molecule has 6 heteroatoms. The molecule has 0 atom stereocenters. The highest BCUT2D eigenvalue weighted by Crippen LogP contribution is 2.32. The molecule has 2 aromatic rings. The predicted octanol–water partition coefficient (Wildman–Crippen LogP) is 4.41. The van der Waals surface area contributed by atoms with Gasteiger partial charge < -0.3 is 15.7 Å². The van der Waals surface area contributed by atoms with Crippen molar-refractivity contribution in [3.63, 3.8) is 0 Å². The number of hydrogen-bond donors (Lipinski definition) is 2. The van der Waals surface area contributed by atoms with Crippen molar-refractivity contribution in [2.24, 2.45) is 10.9 Å². The summed E-state index contributed by atoms with van der Waals surface area (Å²) < 4.78 is 7.56. The van der Waals surface area contributed by atoms with E-state index in [9.17, 15) is 0 Å². The van der Waals surface area contributed by atoms with Gasteiger partial charge in [0.05, 0.1) is 4.47 Å². The number of hydrogen-bond acceptors (Lipinski definition) is 3. The van der Waals surface area contributed by atoms with Crippen LogP contribution in [0.3, 0.4) is 0 Å². The van der Waals surface area contributed by atoms with Crippen LogP contribution in [0.4, 0.5) is 0 Å². The molecule has 0 amide bonds. The second kappa shape index (κ2) is 6.28. The van der Waals surface area contributed by atoms with Crippen LogP contribution in [0.25, 0.3) is 0 Å². The van der Waals surface area contributed by atoms with Crippen LogP contribution in [0, 0.1) is 6.92 Å². The van der Waals surface area contributed by atoms with E-state index in [0.717, 1.165) is 20.3 Å². The van der Waals surface area contributed by atoms with Crippen LogP contribution >= 0.6 is 31.9 Å². The number of ether oxygens (including phenoxy) is 1. The number of halogens is 2. The lowest BCUT2D eigenvalue weighted by molar-refractivity contribution is 0.318. The second-order valence-electron chi connectivity index (χ2n) is 4.14. The lowest BCUT2D eigenvalue weighted by Gasteiger charge is -2.10. The first-order valence-electron chi connectivity index (χ1n) is 5.72. The zero-order valence-electron chi connectivity index (χ0n) is 10.6. The van der Waals surface area contributed by atoms with Gasteiger partial charge in [-0.2, -0.15) is 0 Å². The number of oxime groups is 1. The van der Waals surface area contributed by atoms with E-state index in [4.69, 9.17) is 15.7 Å². The Morgan fingerprint density at radius 2 is 1.90 bits per heavy atom. The van der Waals surface area contributed by atoms with Gasteiger partial charge in [-0.25, -0.2) is 0 Å². The molecule has 0 unspecified atom stereocenters. The molecule has 0 bridgehead atoms. The van der Waals surface area contributed by atoms with E-state index in [1.54, 1.807) is 18.2 Å². The molecule has 0 aliphatic heterocycles. The smallest absolute Gasteiger partial charge is 0.170 e. The Bertz CT molecular complexity index is 672. The Morgan fingerprint density at radius 3 is 2.50 bits per heavy atom. The lowest BCUT2D eigenvalue weighted by Crippen LogP contribution is -2.12. The lowest BCUT2D eigenvalue weighted by atomic mass is 10.2. The third kappa shape index (κ3) is 3.32. The van der Waals surface area contributed by atoms with Crippen molar-refractivity contribution >= 4 is 37.7 Å². The molecule has 104 valence electrons. The SMILES string of the molecule is Cc1cc(Oc2ccc(/C(N)=N/O)cc2Br)ccc1Br. The molecular formula is C14H12Br2N2O2. The summed E-state index contributed by atoms with van der Waals surface area (Å²) >= 11 is 6.86. The fraction of sp³-hybridized carbons (Fsp3) is 0.0714. The summed E-state index contributed by atoms with van der Waals surface area (Å²) in [6.07, 6.45) is 0. The number of aryl methyl sites for hydroxylation is 1. The zero-order valence-corrected chi connectivity index (χ0v) is 13.8. The minimum atomic E-state index is 0.0525. The molecule has 0 fully saturated rings. The minimum Gasteiger partial charge on any atom is -0.456 e. The first-order chi connectivity index (χ1) is 9.51. The molecule has 3 N–H and O–H groups in total. The minimum absolute atomic E-state index is 0.0525. The van der Waals surface area contributed by atoms with Crippen molar-refractivity contribution in [2.45, 2.75) is 6.92 Å². The third-order valence-corrected chi connectivity index (χ3v) is 4.20. The number of benzene rings is 2. The molecule has 0 heterocycles. The first-order valence-corrected chi connectivity index (χ1v) is 7.31. The van der Waals surface area contributed by atoms with Crippen LogP contribution in [0.15, 0.2) is 50.5 Å². The molecule has 20 heavy (non-hydrogen) atoms. The van der Waals surface area contributed by atoms with E-state index in [0.29, 0.717) is 11.3 Å². The average molecular weight is 400 g/mol. The molecule has 0 radical (unpaired) electrons. The van der Waals surface area contributed by atoms with E-state index >= 15 is 0 Å². The number of amidine groups is 1. The van der Waals surface area contributed by atoms with Crippen molar-refractivity contribution in [2.75, 3.05) is 0 Å². The third-order valence-electron chi connectivity index (χ3n) is 2.69. The van der Waals surface area contributed by atoms with Crippen molar-refractivity contribution in [3.8, 4) is 11.5 Å². The van der Waals surface area contributed by atoms with Gasteiger partial charge >= 0.3 is 0 Å². The highest BCUT2D eigenvalue weighted by molar-refractivity contribution is 9.10. The largest absolute Gasteiger partial charge is 0.456 e. The van der Waals surface area contributed by atoms with Crippen LogP contribution in [-0.4, -0.2) is 11.0 Å². The molecule has 0 saturated heterocycles. The van der Waals surface area contributed by atoms with Gasteiger partial charge in [0.1, 0.15) is 11.5 Å². The highest BCUT2D eigenvalue weighted by atomic mass is 79.9. The van der Waals surface area contributed by atoms with Gasteiger partial charge in [0.15, 0.2) is 5.84 Å². The molecule has 0 aliphatic carbocycles. The van der Waals surface area contributed by atoms with Crippen LogP contribution in [-0.2, 0) is 0 Å². The van der Waals surface area contributed by atoms with Gasteiger partial charge in [0, 0.05) is 10.0 Å². The normalized spacial score (nSPS) is 11.4. The standard InChI is InChI=1S/C14H12Br2N2O2/c1-8-6-10(3-4-11(8)15)20-13-5-2-9(7-12(13)16)14(17)18-19/h2-7,19H,1H3,(H2,17,18). The monoisotopic (exact) mass is 398 g/mol. The Kier molecular flexibility index (Phi) is 4.67. The van der Waals surface area contributed by atoms with Crippen LogP contribution in [0.1, 0.15) is 11.1 Å². The maximum atomic E-state index is 8.65. The summed E-state index contributed by atoms with van der Waals surface area (Å²) in [6, 6.07) is 11.0. The maximum Gasteiger partial charge on any atom is 0.170 e. The fourth-order valence-corrected chi connectivity index (χ4v) is 2.31. The number of rotatable bonds is 3. The van der Waals surface area contributed by atoms with E-state index in [1.165, 1.54) is 0 Å². The maximum absolute atomic E-state index is 8.65. The summed E-state index contributed by atoms with van der Waals surface area (Å²) in [5.41, 5.74) is 7.24. The summed E-state index contributed by atoms with van der Waals surface area (Å²) in [6.45, 7) is 1.99. The molecular weight excluding hydrogens is 388 g/mol. The Labute approximate surface area is 133 Å². The van der Waals surface area contributed by atoms with Crippen LogP contribution in [0.2, 0.25) is 0 Å². The first kappa shape index (κ1) is 14.9. The molecule has 0 aromatic heterocycles.